The van der Waals surface area contributed by atoms with Crippen LogP contribution < -0.4 is 10.6 Å². The van der Waals surface area contributed by atoms with Gasteiger partial charge in [-0.2, -0.15) is 0 Å². The first-order chi connectivity index (χ1) is 12.6. The van der Waals surface area contributed by atoms with Gasteiger partial charge in [0.15, 0.2) is 0 Å². The van der Waals surface area contributed by atoms with Gasteiger partial charge in [-0.15, -0.1) is 0 Å². The summed E-state index contributed by atoms with van der Waals surface area (Å²) in [6.07, 6.45) is 6.98. The number of benzene rings is 1. The first-order valence-electron chi connectivity index (χ1n) is 9.95. The van der Waals surface area contributed by atoms with E-state index in [1.165, 1.54) is 18.4 Å². The smallest absolute Gasteiger partial charge is 0.303 e. The molecular weight excluding hydrogens is 328 g/mol. The Bertz CT molecular complexity index is 600. The third-order valence-corrected chi connectivity index (χ3v) is 5.97. The number of amides is 1. The lowest BCUT2D eigenvalue weighted by atomic mass is 9.79. The molecule has 3 N–H and O–H groups in total. The lowest BCUT2D eigenvalue weighted by Crippen LogP contribution is -2.27. The minimum absolute atomic E-state index is 0.0557. The SMILES string of the molecule is O=C(O)CCC1CCC(C(=O)Nc2ccc(C3CCNCC3)cc2)CC1. The van der Waals surface area contributed by atoms with Crippen molar-refractivity contribution in [3.8, 4) is 0 Å². The minimum atomic E-state index is -0.724. The monoisotopic (exact) mass is 358 g/mol. The maximum Gasteiger partial charge on any atom is 0.303 e. The molecule has 0 bridgehead atoms. The number of hydrogen-bond acceptors (Lipinski definition) is 3. The summed E-state index contributed by atoms with van der Waals surface area (Å²) in [5.74, 6) is 0.524. The molecule has 0 radical (unpaired) electrons. The summed E-state index contributed by atoms with van der Waals surface area (Å²) >= 11 is 0. The molecule has 2 aliphatic rings. The van der Waals surface area contributed by atoms with Crippen LogP contribution in [0.5, 0.6) is 0 Å². The van der Waals surface area contributed by atoms with Gasteiger partial charge in [0.2, 0.25) is 5.91 Å². The Hall–Kier alpha value is -1.88. The van der Waals surface area contributed by atoms with E-state index in [1.807, 2.05) is 12.1 Å². The zero-order valence-electron chi connectivity index (χ0n) is 15.4. The molecule has 1 aromatic carbocycles. The number of anilines is 1. The quantitative estimate of drug-likeness (QED) is 0.723. The average Bonchev–Trinajstić information content (AvgIpc) is 2.68. The van der Waals surface area contributed by atoms with Crippen molar-refractivity contribution in [2.24, 2.45) is 11.8 Å². The number of aliphatic carboxylic acids is 1. The maximum absolute atomic E-state index is 12.5. The van der Waals surface area contributed by atoms with Crippen LogP contribution in [-0.2, 0) is 9.59 Å². The van der Waals surface area contributed by atoms with Gasteiger partial charge in [0.05, 0.1) is 0 Å². The van der Waals surface area contributed by atoms with Crippen LogP contribution >= 0.6 is 0 Å². The Morgan fingerprint density at radius 3 is 2.27 bits per heavy atom. The topological polar surface area (TPSA) is 78.4 Å². The molecule has 1 aliphatic carbocycles. The Balaban J connectivity index is 1.45. The van der Waals surface area contributed by atoms with E-state index in [1.54, 1.807) is 0 Å². The summed E-state index contributed by atoms with van der Waals surface area (Å²) in [7, 11) is 0. The lowest BCUT2D eigenvalue weighted by Gasteiger charge is -2.27. The van der Waals surface area contributed by atoms with E-state index in [-0.39, 0.29) is 18.2 Å². The number of carboxylic acid groups (broad SMARTS) is 1. The molecule has 26 heavy (non-hydrogen) atoms. The number of nitrogens with one attached hydrogen (secondary N) is 2. The van der Waals surface area contributed by atoms with Crippen molar-refractivity contribution in [1.82, 2.24) is 5.32 Å². The molecule has 0 aromatic heterocycles. The van der Waals surface area contributed by atoms with Crippen LogP contribution in [0.25, 0.3) is 0 Å². The lowest BCUT2D eigenvalue weighted by molar-refractivity contribution is -0.137. The van der Waals surface area contributed by atoms with Gasteiger partial charge in [-0.1, -0.05) is 12.1 Å². The number of piperidine rings is 1. The number of carbonyl (C=O) groups excluding carboxylic acids is 1. The second-order valence-electron chi connectivity index (χ2n) is 7.79. The van der Waals surface area contributed by atoms with Crippen molar-refractivity contribution in [3.05, 3.63) is 29.8 Å². The van der Waals surface area contributed by atoms with E-state index in [0.717, 1.165) is 50.9 Å². The highest BCUT2D eigenvalue weighted by Crippen LogP contribution is 2.32. The molecule has 1 aromatic rings. The van der Waals surface area contributed by atoms with Crippen molar-refractivity contribution in [1.29, 1.82) is 0 Å². The van der Waals surface area contributed by atoms with Crippen LogP contribution in [0.15, 0.2) is 24.3 Å². The molecule has 5 nitrogen and oxygen atoms in total. The van der Waals surface area contributed by atoms with E-state index in [4.69, 9.17) is 5.11 Å². The molecule has 3 rings (SSSR count). The summed E-state index contributed by atoms with van der Waals surface area (Å²) < 4.78 is 0. The van der Waals surface area contributed by atoms with E-state index in [2.05, 4.69) is 22.8 Å². The summed E-state index contributed by atoms with van der Waals surface area (Å²) in [6.45, 7) is 2.16. The predicted molar refractivity (Wildman–Crippen MR) is 102 cm³/mol. The van der Waals surface area contributed by atoms with Crippen LogP contribution in [-0.4, -0.2) is 30.1 Å². The number of hydrogen-bond donors (Lipinski definition) is 3. The van der Waals surface area contributed by atoms with Gasteiger partial charge in [-0.25, -0.2) is 0 Å². The Morgan fingerprint density at radius 2 is 1.65 bits per heavy atom. The average molecular weight is 358 g/mol. The fourth-order valence-corrected chi connectivity index (χ4v) is 4.28. The normalized spacial score (nSPS) is 24.2. The van der Waals surface area contributed by atoms with E-state index in [0.29, 0.717) is 11.8 Å². The van der Waals surface area contributed by atoms with Crippen molar-refractivity contribution >= 4 is 17.6 Å². The highest BCUT2D eigenvalue weighted by molar-refractivity contribution is 5.92. The van der Waals surface area contributed by atoms with Gasteiger partial charge in [0.25, 0.3) is 0 Å². The highest BCUT2D eigenvalue weighted by atomic mass is 16.4. The van der Waals surface area contributed by atoms with Gasteiger partial charge >= 0.3 is 5.97 Å². The standard InChI is InChI=1S/C21H30N2O3/c24-20(25)10-3-15-1-4-18(5-2-15)21(26)23-19-8-6-16(7-9-19)17-11-13-22-14-12-17/h6-9,15,17-18,22H,1-5,10-14H2,(H,23,26)(H,24,25). The number of carbonyl (C=O) groups is 2. The second-order valence-corrected chi connectivity index (χ2v) is 7.79. The first-order valence-corrected chi connectivity index (χ1v) is 9.95. The predicted octanol–water partition coefficient (Wildman–Crippen LogP) is 3.76. The molecule has 142 valence electrons. The molecule has 5 heteroatoms. The van der Waals surface area contributed by atoms with Crippen LogP contribution in [0.3, 0.4) is 0 Å². The Morgan fingerprint density at radius 1 is 1.00 bits per heavy atom. The van der Waals surface area contributed by atoms with Crippen LogP contribution in [0.4, 0.5) is 5.69 Å². The van der Waals surface area contributed by atoms with Crippen molar-refractivity contribution in [3.63, 3.8) is 0 Å². The molecule has 1 amide bonds. The second kappa shape index (κ2) is 9.17. The number of carboxylic acids is 1. The highest BCUT2D eigenvalue weighted by Gasteiger charge is 2.26. The Labute approximate surface area is 155 Å². The molecule has 2 fully saturated rings. The fourth-order valence-electron chi connectivity index (χ4n) is 4.28. The van der Waals surface area contributed by atoms with Crippen LogP contribution in [0.2, 0.25) is 0 Å². The molecule has 0 spiro atoms. The van der Waals surface area contributed by atoms with Crippen LogP contribution in [0.1, 0.15) is 62.8 Å². The summed E-state index contributed by atoms with van der Waals surface area (Å²) in [5, 5.41) is 15.2. The van der Waals surface area contributed by atoms with Crippen molar-refractivity contribution in [2.45, 2.75) is 57.3 Å². The molecule has 1 saturated heterocycles. The van der Waals surface area contributed by atoms with Crippen molar-refractivity contribution < 1.29 is 14.7 Å². The summed E-state index contributed by atoms with van der Waals surface area (Å²) in [4.78, 5) is 23.2. The van der Waals surface area contributed by atoms with E-state index in [9.17, 15) is 9.59 Å². The summed E-state index contributed by atoms with van der Waals surface area (Å²) in [5.41, 5.74) is 2.24. The number of rotatable bonds is 6. The molecule has 1 saturated carbocycles. The maximum atomic E-state index is 12.5. The molecule has 1 heterocycles. The van der Waals surface area contributed by atoms with Crippen molar-refractivity contribution in [2.75, 3.05) is 18.4 Å². The largest absolute Gasteiger partial charge is 0.481 e. The van der Waals surface area contributed by atoms with E-state index < -0.39 is 5.97 Å². The van der Waals surface area contributed by atoms with Gasteiger partial charge in [-0.3, -0.25) is 9.59 Å². The van der Waals surface area contributed by atoms with Gasteiger partial charge in [0, 0.05) is 18.0 Å². The van der Waals surface area contributed by atoms with Gasteiger partial charge < -0.3 is 15.7 Å². The molecular formula is C21H30N2O3. The van der Waals surface area contributed by atoms with E-state index >= 15 is 0 Å². The summed E-state index contributed by atoms with van der Waals surface area (Å²) in [6, 6.07) is 8.34. The van der Waals surface area contributed by atoms with Gasteiger partial charge in [-0.05, 0) is 87.6 Å². The first kappa shape index (κ1) is 18.9. The molecule has 0 atom stereocenters. The zero-order valence-corrected chi connectivity index (χ0v) is 15.4. The van der Waals surface area contributed by atoms with Crippen LogP contribution in [0, 0.1) is 11.8 Å². The zero-order chi connectivity index (χ0) is 18.4. The molecule has 0 unspecified atom stereocenters. The van der Waals surface area contributed by atoms with Gasteiger partial charge in [0.1, 0.15) is 0 Å². The Kier molecular flexibility index (Phi) is 6.67. The third-order valence-electron chi connectivity index (χ3n) is 5.97. The third kappa shape index (κ3) is 5.31. The minimum Gasteiger partial charge on any atom is -0.481 e. The molecule has 1 aliphatic heterocycles. The fraction of sp³-hybridized carbons (Fsp3) is 0.619.